The predicted octanol–water partition coefficient (Wildman–Crippen LogP) is 3.16. The van der Waals surface area contributed by atoms with E-state index < -0.39 is 12.0 Å². The van der Waals surface area contributed by atoms with E-state index in [-0.39, 0.29) is 17.9 Å². The molecule has 118 valence electrons. The highest BCUT2D eigenvalue weighted by atomic mass is 16.7. The molecule has 0 saturated carbocycles. The normalized spacial score (nSPS) is 18.0. The first-order valence-electron chi connectivity index (χ1n) is 7.25. The number of aliphatic hydroxyl groups excluding tert-OH is 1. The van der Waals surface area contributed by atoms with Gasteiger partial charge in [-0.25, -0.2) is 9.86 Å². The zero-order valence-electron chi connectivity index (χ0n) is 12.7. The molecule has 2 aromatic rings. The third-order valence-corrected chi connectivity index (χ3v) is 3.69. The molecule has 0 aromatic heterocycles. The molecule has 1 heterocycles. The Morgan fingerprint density at radius 2 is 1.74 bits per heavy atom. The summed E-state index contributed by atoms with van der Waals surface area (Å²) in [5.74, 6) is -0.682. The van der Waals surface area contributed by atoms with Crippen molar-refractivity contribution in [1.29, 1.82) is 0 Å². The number of hydrogen-bond acceptors (Lipinski definition) is 5. The van der Waals surface area contributed by atoms with E-state index in [0.717, 1.165) is 11.3 Å². The van der Waals surface area contributed by atoms with Crippen LogP contribution in [0.1, 0.15) is 11.6 Å². The van der Waals surface area contributed by atoms with Gasteiger partial charge < -0.3 is 9.84 Å². The van der Waals surface area contributed by atoms with E-state index in [1.54, 1.807) is 5.06 Å². The number of carbonyl (C=O) groups excluding carboxylic acids is 1. The summed E-state index contributed by atoms with van der Waals surface area (Å²) in [6.45, 7) is -0.0807. The lowest BCUT2D eigenvalue weighted by Gasteiger charge is -2.37. The fourth-order valence-corrected chi connectivity index (χ4v) is 2.63. The average molecular weight is 311 g/mol. The highest BCUT2D eigenvalue weighted by Gasteiger charge is 2.37. The summed E-state index contributed by atoms with van der Waals surface area (Å²) in [6, 6.07) is 18.3. The minimum Gasteiger partial charge on any atom is -0.509 e. The summed E-state index contributed by atoms with van der Waals surface area (Å²) in [5.41, 5.74) is 1.80. The first-order valence-corrected chi connectivity index (χ1v) is 7.25. The molecule has 0 aliphatic carbocycles. The van der Waals surface area contributed by atoms with Crippen LogP contribution in [0.2, 0.25) is 0 Å². The number of benzene rings is 2. The molecule has 5 heteroatoms. The van der Waals surface area contributed by atoms with Crippen LogP contribution in [0, 0.1) is 0 Å². The number of hydroxylamine groups is 1. The van der Waals surface area contributed by atoms with Gasteiger partial charge in [-0.3, -0.25) is 4.84 Å². The highest BCUT2D eigenvalue weighted by molar-refractivity contribution is 5.91. The number of esters is 1. The number of anilines is 1. The number of para-hydroxylation sites is 1. The summed E-state index contributed by atoms with van der Waals surface area (Å²) in [7, 11) is 1.30. The molecule has 0 spiro atoms. The second-order valence-corrected chi connectivity index (χ2v) is 5.10. The van der Waals surface area contributed by atoms with Crippen molar-refractivity contribution in [3.05, 3.63) is 77.6 Å². The second-order valence-electron chi connectivity index (χ2n) is 5.10. The van der Waals surface area contributed by atoms with Crippen LogP contribution >= 0.6 is 0 Å². The van der Waals surface area contributed by atoms with E-state index in [0.29, 0.717) is 0 Å². The molecule has 0 radical (unpaired) electrons. The summed E-state index contributed by atoms with van der Waals surface area (Å²) < 4.78 is 4.86. The zero-order valence-corrected chi connectivity index (χ0v) is 12.7. The van der Waals surface area contributed by atoms with E-state index >= 15 is 0 Å². The lowest BCUT2D eigenvalue weighted by atomic mass is 9.95. The van der Waals surface area contributed by atoms with Gasteiger partial charge in [0.1, 0.15) is 24.0 Å². The van der Waals surface area contributed by atoms with Crippen LogP contribution in [-0.4, -0.2) is 24.8 Å². The van der Waals surface area contributed by atoms with Gasteiger partial charge in [0, 0.05) is 0 Å². The number of hydrogen-bond donors (Lipinski definition) is 1. The third kappa shape index (κ3) is 2.91. The van der Waals surface area contributed by atoms with Crippen LogP contribution in [-0.2, 0) is 14.4 Å². The largest absolute Gasteiger partial charge is 0.509 e. The third-order valence-electron chi connectivity index (χ3n) is 3.69. The Kier molecular flexibility index (Phi) is 4.30. The van der Waals surface area contributed by atoms with Crippen molar-refractivity contribution in [2.24, 2.45) is 0 Å². The molecule has 0 amide bonds. The molecule has 1 atom stereocenters. The number of methoxy groups -OCH3 is 1. The molecule has 3 rings (SSSR count). The molecular weight excluding hydrogens is 294 g/mol. The fraction of sp³-hybridized carbons (Fsp3) is 0.167. The van der Waals surface area contributed by atoms with Crippen molar-refractivity contribution >= 4 is 11.7 Å². The van der Waals surface area contributed by atoms with Crippen LogP contribution in [0.25, 0.3) is 0 Å². The molecule has 1 aliphatic heterocycles. The van der Waals surface area contributed by atoms with Crippen molar-refractivity contribution in [2.45, 2.75) is 6.04 Å². The molecule has 23 heavy (non-hydrogen) atoms. The molecule has 1 aliphatic rings. The number of carbonyl (C=O) groups is 1. The van der Waals surface area contributed by atoms with Crippen molar-refractivity contribution in [3.8, 4) is 0 Å². The molecule has 0 fully saturated rings. The van der Waals surface area contributed by atoms with Gasteiger partial charge in [-0.2, -0.15) is 0 Å². The Bertz CT molecular complexity index is 712. The Labute approximate surface area is 134 Å². The van der Waals surface area contributed by atoms with E-state index in [2.05, 4.69) is 0 Å². The van der Waals surface area contributed by atoms with Gasteiger partial charge in [-0.15, -0.1) is 0 Å². The van der Waals surface area contributed by atoms with E-state index in [1.807, 2.05) is 60.7 Å². The Hall–Kier alpha value is -2.79. The number of ether oxygens (including phenoxy) is 1. The molecule has 1 unspecified atom stereocenters. The summed E-state index contributed by atoms with van der Waals surface area (Å²) >= 11 is 0. The van der Waals surface area contributed by atoms with Crippen LogP contribution in [0.3, 0.4) is 0 Å². The standard InChI is InChI=1S/C18H17NO4/c1-22-18(21)16-15(20)12-23-19(14-10-6-3-7-11-14)17(16)13-8-4-2-5-9-13/h2-11,17,20H,12H2,1H3. The fourth-order valence-electron chi connectivity index (χ4n) is 2.63. The van der Waals surface area contributed by atoms with Crippen molar-refractivity contribution in [1.82, 2.24) is 0 Å². The number of aliphatic hydroxyl groups is 1. The van der Waals surface area contributed by atoms with Crippen molar-refractivity contribution in [2.75, 3.05) is 18.8 Å². The Morgan fingerprint density at radius 1 is 1.13 bits per heavy atom. The topological polar surface area (TPSA) is 59.0 Å². The summed E-state index contributed by atoms with van der Waals surface area (Å²) in [5, 5.41) is 11.8. The van der Waals surface area contributed by atoms with Gasteiger partial charge in [0.15, 0.2) is 0 Å². The van der Waals surface area contributed by atoms with Crippen LogP contribution in [0.15, 0.2) is 72.0 Å². The van der Waals surface area contributed by atoms with Gasteiger partial charge in [0.05, 0.1) is 12.8 Å². The maximum atomic E-state index is 12.2. The van der Waals surface area contributed by atoms with E-state index in [9.17, 15) is 9.90 Å². The van der Waals surface area contributed by atoms with Crippen LogP contribution < -0.4 is 5.06 Å². The maximum Gasteiger partial charge on any atom is 0.339 e. The zero-order chi connectivity index (χ0) is 16.2. The molecular formula is C18H17NO4. The van der Waals surface area contributed by atoms with Crippen molar-refractivity contribution in [3.63, 3.8) is 0 Å². The highest BCUT2D eigenvalue weighted by Crippen LogP contribution is 2.37. The monoisotopic (exact) mass is 311 g/mol. The Morgan fingerprint density at radius 3 is 2.35 bits per heavy atom. The number of nitrogens with zero attached hydrogens (tertiary/aromatic N) is 1. The maximum absolute atomic E-state index is 12.2. The first-order chi connectivity index (χ1) is 11.2. The lowest BCUT2D eigenvalue weighted by Crippen LogP contribution is -2.38. The van der Waals surface area contributed by atoms with Gasteiger partial charge in [0.2, 0.25) is 0 Å². The lowest BCUT2D eigenvalue weighted by molar-refractivity contribution is -0.137. The molecule has 0 bridgehead atoms. The summed E-state index contributed by atoms with van der Waals surface area (Å²) in [4.78, 5) is 17.9. The minimum absolute atomic E-state index is 0.0807. The molecule has 1 N–H and O–H groups in total. The van der Waals surface area contributed by atoms with E-state index in [1.165, 1.54) is 7.11 Å². The summed E-state index contributed by atoms with van der Waals surface area (Å²) in [6.07, 6.45) is 0. The molecule has 2 aromatic carbocycles. The smallest absolute Gasteiger partial charge is 0.339 e. The van der Waals surface area contributed by atoms with Crippen LogP contribution in [0.5, 0.6) is 0 Å². The average Bonchev–Trinajstić information content (AvgIpc) is 2.62. The second kappa shape index (κ2) is 6.54. The van der Waals surface area contributed by atoms with Crippen LogP contribution in [0.4, 0.5) is 5.69 Å². The predicted molar refractivity (Wildman–Crippen MR) is 85.7 cm³/mol. The molecule has 0 saturated heterocycles. The SMILES string of the molecule is COC(=O)C1=C(O)CON(c2ccccc2)C1c1ccccc1. The minimum atomic E-state index is -0.584. The van der Waals surface area contributed by atoms with Gasteiger partial charge in [-0.05, 0) is 17.7 Å². The van der Waals surface area contributed by atoms with Gasteiger partial charge in [-0.1, -0.05) is 48.5 Å². The van der Waals surface area contributed by atoms with Crippen molar-refractivity contribution < 1.29 is 19.5 Å². The van der Waals surface area contributed by atoms with Gasteiger partial charge >= 0.3 is 5.97 Å². The van der Waals surface area contributed by atoms with Gasteiger partial charge in [0.25, 0.3) is 0 Å². The molecule has 5 nitrogen and oxygen atoms in total. The Balaban J connectivity index is 2.13. The quantitative estimate of drug-likeness (QED) is 0.882. The number of rotatable bonds is 3. The van der Waals surface area contributed by atoms with E-state index in [4.69, 9.17) is 9.57 Å². The first kappa shape index (κ1) is 15.1.